The monoisotopic (exact) mass is 894 g/mol. The van der Waals surface area contributed by atoms with Crippen LogP contribution in [0.4, 0.5) is 27.1 Å². The number of carbonyl (C=O) groups excluding carboxylic acids is 2. The molecular formula is C48H53FN13O4+. The summed E-state index contributed by atoms with van der Waals surface area (Å²) in [7, 11) is 0. The van der Waals surface area contributed by atoms with Gasteiger partial charge in [-0.15, -0.1) is 10.2 Å². The number of benzene rings is 4. The second kappa shape index (κ2) is 19.1. The number of tetrazole rings is 2. The number of aromatic nitrogens is 8. The summed E-state index contributed by atoms with van der Waals surface area (Å²) in [4.78, 5) is 34.3. The number of piperazine rings is 1. The maximum atomic E-state index is 14.5. The minimum Gasteiger partial charge on any atom is -0.481 e. The Labute approximate surface area is 381 Å². The molecule has 5 N–H and O–H groups in total. The lowest BCUT2D eigenvalue weighted by atomic mass is 10.1. The molecule has 2 aliphatic carbocycles. The van der Waals surface area contributed by atoms with E-state index in [1.807, 2.05) is 102 Å². The Morgan fingerprint density at radius 1 is 0.818 bits per heavy atom. The zero-order valence-corrected chi connectivity index (χ0v) is 36.6. The van der Waals surface area contributed by atoms with E-state index in [1.165, 1.54) is 0 Å². The van der Waals surface area contributed by atoms with Gasteiger partial charge >= 0.3 is 5.82 Å². The van der Waals surface area contributed by atoms with Gasteiger partial charge in [-0.3, -0.25) is 9.59 Å². The van der Waals surface area contributed by atoms with Crippen LogP contribution in [0.2, 0.25) is 0 Å². The van der Waals surface area contributed by atoms with Gasteiger partial charge in [-0.05, 0) is 114 Å². The average Bonchev–Trinajstić information content (AvgIpc) is 4.18. The number of anilines is 4. The molecule has 4 heterocycles. The summed E-state index contributed by atoms with van der Waals surface area (Å²) >= 11 is 0. The van der Waals surface area contributed by atoms with Gasteiger partial charge in [0.05, 0.1) is 28.6 Å². The number of rotatable bonds is 17. The van der Waals surface area contributed by atoms with E-state index in [2.05, 4.69) is 58.7 Å². The second-order valence-electron chi connectivity index (χ2n) is 17.6. The van der Waals surface area contributed by atoms with Crippen LogP contribution >= 0.6 is 0 Å². The molecular weight excluding hydrogens is 842 g/mol. The van der Waals surface area contributed by atoms with Crippen LogP contribution in [0, 0.1) is 11.8 Å². The summed E-state index contributed by atoms with van der Waals surface area (Å²) < 4.78 is 27.2. The van der Waals surface area contributed by atoms with Crippen LogP contribution in [0.5, 0.6) is 11.5 Å². The molecule has 2 saturated carbocycles. The van der Waals surface area contributed by atoms with Crippen LogP contribution in [0.3, 0.4) is 0 Å². The number of H-pyrrole nitrogens is 2. The van der Waals surface area contributed by atoms with Gasteiger partial charge in [0.25, 0.3) is 11.8 Å². The number of nitrogens with zero attached hydrogens (tertiary/aromatic N) is 8. The molecule has 2 amide bonds. The molecule has 0 bridgehead atoms. The average molecular weight is 895 g/mol. The van der Waals surface area contributed by atoms with Gasteiger partial charge in [0.15, 0.2) is 12.2 Å². The van der Waals surface area contributed by atoms with Gasteiger partial charge in [0.1, 0.15) is 23.4 Å². The fraction of sp³-hybridized carbons (Fsp3) is 0.375. The zero-order chi connectivity index (χ0) is 45.0. The number of ether oxygens (including phenoxy) is 2. The van der Waals surface area contributed by atoms with Gasteiger partial charge in [0.2, 0.25) is 5.82 Å². The second-order valence-corrected chi connectivity index (χ2v) is 17.6. The van der Waals surface area contributed by atoms with Crippen molar-refractivity contribution >= 4 is 34.6 Å². The Balaban J connectivity index is 0.884. The van der Waals surface area contributed by atoms with Crippen molar-refractivity contribution in [3.8, 4) is 34.3 Å². The molecule has 3 fully saturated rings. The van der Waals surface area contributed by atoms with E-state index in [9.17, 15) is 14.0 Å². The number of halogens is 1. The van der Waals surface area contributed by atoms with Crippen LogP contribution in [-0.2, 0) is 9.59 Å². The van der Waals surface area contributed by atoms with E-state index in [1.54, 1.807) is 10.9 Å². The Morgan fingerprint density at radius 2 is 1.47 bits per heavy atom. The van der Waals surface area contributed by atoms with Crippen molar-refractivity contribution in [2.75, 3.05) is 53.2 Å². The highest BCUT2D eigenvalue weighted by atomic mass is 19.1. The normalized spacial score (nSPS) is 20.2. The molecule has 2 aliphatic heterocycles. The highest BCUT2D eigenvalue weighted by Gasteiger charge is 2.48. The van der Waals surface area contributed by atoms with Crippen LogP contribution in [-0.4, -0.2) is 98.8 Å². The van der Waals surface area contributed by atoms with Crippen LogP contribution < -0.4 is 40.0 Å². The molecule has 5 atom stereocenters. The molecule has 2 aromatic heterocycles. The maximum Gasteiger partial charge on any atom is 0.340 e. The SMILES string of the molecule is C[C@H]1CN(c2ccc(NC(=O)[C@H](CC3CC3[n+]3nc(-c4cc(N5CCC=C(F)C5)ccc4NC(=O)[C@H](CC4CC4)Oc4ccccc4)n[nH]3)Oc3ccccc3)c(-c3nn[nH]n3)c2)CCN1. The fourth-order valence-electron chi connectivity index (χ4n) is 8.81. The summed E-state index contributed by atoms with van der Waals surface area (Å²) in [5, 5.41) is 37.2. The van der Waals surface area contributed by atoms with Crippen molar-refractivity contribution in [3.05, 3.63) is 109 Å². The maximum absolute atomic E-state index is 14.5. The first-order valence-electron chi connectivity index (χ1n) is 22.8. The van der Waals surface area contributed by atoms with Crippen molar-refractivity contribution in [1.82, 2.24) is 41.4 Å². The van der Waals surface area contributed by atoms with E-state index < -0.39 is 12.2 Å². The fourth-order valence-corrected chi connectivity index (χ4v) is 8.81. The van der Waals surface area contributed by atoms with Gasteiger partial charge in [-0.25, -0.2) is 4.39 Å². The number of carbonyl (C=O) groups is 2. The molecule has 66 heavy (non-hydrogen) atoms. The molecule has 4 aliphatic rings. The smallest absolute Gasteiger partial charge is 0.340 e. The molecule has 340 valence electrons. The molecule has 2 unspecified atom stereocenters. The van der Waals surface area contributed by atoms with E-state index in [4.69, 9.17) is 14.6 Å². The summed E-state index contributed by atoms with van der Waals surface area (Å²) in [5.74, 6) is 1.58. The van der Waals surface area contributed by atoms with Crippen molar-refractivity contribution in [2.45, 2.75) is 69.7 Å². The molecule has 18 heteroatoms. The third-order valence-electron chi connectivity index (χ3n) is 12.6. The van der Waals surface area contributed by atoms with Gasteiger partial charge in [0, 0.05) is 61.5 Å². The molecule has 0 spiro atoms. The number of amides is 2. The first kappa shape index (κ1) is 42.7. The number of hydrogen-bond acceptors (Lipinski definition) is 12. The van der Waals surface area contributed by atoms with Crippen molar-refractivity contribution in [1.29, 1.82) is 0 Å². The Morgan fingerprint density at radius 3 is 2.09 bits per heavy atom. The van der Waals surface area contributed by atoms with Gasteiger partial charge in [-0.2, -0.15) is 5.21 Å². The molecule has 10 rings (SSSR count). The first-order chi connectivity index (χ1) is 32.3. The minimum absolute atomic E-state index is 0.0101. The van der Waals surface area contributed by atoms with Crippen molar-refractivity contribution in [3.63, 3.8) is 0 Å². The summed E-state index contributed by atoms with van der Waals surface area (Å²) in [5.41, 5.74) is 4.04. The Kier molecular flexibility index (Phi) is 12.4. The quantitative estimate of drug-likeness (QED) is 0.0669. The number of nitrogens with one attached hydrogen (secondary N) is 5. The molecule has 17 nitrogen and oxygen atoms in total. The van der Waals surface area contributed by atoms with Crippen molar-refractivity contribution < 1.29 is 28.2 Å². The van der Waals surface area contributed by atoms with E-state index in [0.29, 0.717) is 83.4 Å². The van der Waals surface area contributed by atoms with Crippen LogP contribution in [0.1, 0.15) is 51.5 Å². The predicted molar refractivity (Wildman–Crippen MR) is 245 cm³/mol. The lowest BCUT2D eigenvalue weighted by molar-refractivity contribution is -0.810. The number of hydrogen-bond donors (Lipinski definition) is 5. The Bertz CT molecular complexity index is 2660. The third kappa shape index (κ3) is 10.2. The number of para-hydroxylation sites is 2. The molecule has 6 aromatic rings. The zero-order valence-electron chi connectivity index (χ0n) is 36.6. The van der Waals surface area contributed by atoms with Crippen LogP contribution in [0.25, 0.3) is 22.8 Å². The molecule has 0 radical (unpaired) electrons. The van der Waals surface area contributed by atoms with Gasteiger partial charge in [-0.1, -0.05) is 54.0 Å². The molecule has 4 aromatic carbocycles. The number of aromatic amines is 2. The van der Waals surface area contributed by atoms with E-state index in [-0.39, 0.29) is 36.1 Å². The van der Waals surface area contributed by atoms with Crippen LogP contribution in [0.15, 0.2) is 109 Å². The lowest BCUT2D eigenvalue weighted by Crippen LogP contribution is -2.49. The van der Waals surface area contributed by atoms with Gasteiger partial charge < -0.3 is 35.2 Å². The highest BCUT2D eigenvalue weighted by molar-refractivity contribution is 5.99. The predicted octanol–water partition coefficient (Wildman–Crippen LogP) is 6.02. The van der Waals surface area contributed by atoms with E-state index >= 15 is 0 Å². The largest absolute Gasteiger partial charge is 0.481 e. The topological polar surface area (TPSA) is 195 Å². The third-order valence-corrected chi connectivity index (χ3v) is 12.6. The molecule has 1 saturated heterocycles. The standard InChI is InChI=1S/C48H52FN13O4/c1-30-28-61(22-20-50-30)35-17-18-40(38(26-35)45-53-57-58-54-45)51-48(64)44(66-37-12-6-3-7-13-37)25-32-24-42(32)62-56-46(55-59-62)39-27-34(60-21-8-9-33(49)29-60)16-19-41(39)52-47(63)43(23-31-14-15-31)65-36-10-4-2-5-11-36/h2-7,9-13,16-19,26-27,30-32,42-44,50H,8,14-15,20-25,28-29H2,1H3,(H3,51,52,53,54,55,56,57,58,59,63,64)/p+1/t30-,32?,42?,43-,44-/m0/s1. The minimum atomic E-state index is -0.864. The summed E-state index contributed by atoms with van der Waals surface area (Å²) in [6.45, 7) is 5.49. The summed E-state index contributed by atoms with van der Waals surface area (Å²) in [6, 6.07) is 30.4. The van der Waals surface area contributed by atoms with E-state index in [0.717, 1.165) is 50.3 Å². The first-order valence-corrected chi connectivity index (χ1v) is 22.8. The lowest BCUT2D eigenvalue weighted by Gasteiger charge is -2.34. The summed E-state index contributed by atoms with van der Waals surface area (Å²) in [6.07, 6.45) is 4.47. The van der Waals surface area contributed by atoms with Crippen molar-refractivity contribution in [2.24, 2.45) is 11.8 Å². The Hall–Kier alpha value is -7.21. The highest BCUT2D eigenvalue weighted by Crippen LogP contribution is 2.43.